The van der Waals surface area contributed by atoms with Crippen LogP contribution in [0.2, 0.25) is 0 Å². The number of nitrogens with one attached hydrogen (secondary N) is 1. The minimum absolute atomic E-state index is 0.186. The smallest absolute Gasteiger partial charge is 0.243 e. The molecule has 1 N–H and O–H groups in total. The zero-order chi connectivity index (χ0) is 15.0. The van der Waals surface area contributed by atoms with Gasteiger partial charge in [0.25, 0.3) is 0 Å². The fourth-order valence-electron chi connectivity index (χ4n) is 3.05. The number of hydrogen-bond donors (Lipinski definition) is 1. The van der Waals surface area contributed by atoms with E-state index in [4.69, 9.17) is 5.26 Å². The van der Waals surface area contributed by atoms with Gasteiger partial charge in [0.2, 0.25) is 10.0 Å². The molecule has 2 atom stereocenters. The highest BCUT2D eigenvalue weighted by Gasteiger charge is 2.35. The van der Waals surface area contributed by atoms with Crippen LogP contribution in [0.15, 0.2) is 27.6 Å². The van der Waals surface area contributed by atoms with Gasteiger partial charge in [0.05, 0.1) is 16.5 Å². The molecule has 1 aromatic carbocycles. The summed E-state index contributed by atoms with van der Waals surface area (Å²) in [4.78, 5) is 0.186. The number of nitrogens with zero attached hydrogens (tertiary/aromatic N) is 2. The summed E-state index contributed by atoms with van der Waals surface area (Å²) in [6.07, 6.45) is 3.00. The Morgan fingerprint density at radius 1 is 1.24 bits per heavy atom. The Labute approximate surface area is 133 Å². The first kappa shape index (κ1) is 15.0. The second-order valence-corrected chi connectivity index (χ2v) is 8.43. The van der Waals surface area contributed by atoms with Gasteiger partial charge in [-0.15, -0.1) is 0 Å². The van der Waals surface area contributed by atoms with Crippen molar-refractivity contribution in [2.75, 3.05) is 13.1 Å². The van der Waals surface area contributed by atoms with Crippen molar-refractivity contribution in [1.82, 2.24) is 9.62 Å². The Balaban J connectivity index is 1.93. The van der Waals surface area contributed by atoms with E-state index < -0.39 is 10.0 Å². The molecule has 0 aromatic heterocycles. The van der Waals surface area contributed by atoms with Crippen LogP contribution >= 0.6 is 15.9 Å². The summed E-state index contributed by atoms with van der Waals surface area (Å²) in [7, 11) is -3.55. The summed E-state index contributed by atoms with van der Waals surface area (Å²) in [6, 6.07) is 7.30. The van der Waals surface area contributed by atoms with Crippen molar-refractivity contribution >= 4 is 26.0 Å². The maximum Gasteiger partial charge on any atom is 0.243 e. The third-order valence-electron chi connectivity index (χ3n) is 4.12. The fraction of sp³-hybridized carbons (Fsp3) is 0.500. The van der Waals surface area contributed by atoms with Crippen molar-refractivity contribution in [3.05, 3.63) is 28.2 Å². The Hall–Kier alpha value is -0.940. The van der Waals surface area contributed by atoms with Crippen LogP contribution in [0, 0.1) is 11.3 Å². The molecule has 0 aliphatic carbocycles. The summed E-state index contributed by atoms with van der Waals surface area (Å²) in [6.45, 7) is 1.04. The molecule has 0 saturated carbocycles. The average Bonchev–Trinajstić information content (AvgIpc) is 2.76. The molecule has 1 aromatic rings. The first-order chi connectivity index (χ1) is 9.99. The van der Waals surface area contributed by atoms with Gasteiger partial charge in [0, 0.05) is 29.6 Å². The van der Waals surface area contributed by atoms with Crippen LogP contribution in [0.1, 0.15) is 24.8 Å². The van der Waals surface area contributed by atoms with Gasteiger partial charge in [-0.3, -0.25) is 0 Å². The van der Waals surface area contributed by atoms with Crippen LogP contribution in [-0.2, 0) is 10.0 Å². The maximum absolute atomic E-state index is 12.8. The molecular weight excluding hydrogens is 354 g/mol. The number of halogens is 1. The molecule has 2 heterocycles. The number of benzene rings is 1. The van der Waals surface area contributed by atoms with E-state index in [1.165, 1.54) is 6.07 Å². The van der Waals surface area contributed by atoms with Crippen molar-refractivity contribution < 1.29 is 8.42 Å². The summed E-state index contributed by atoms with van der Waals surface area (Å²) in [5.41, 5.74) is 0.345. The predicted molar refractivity (Wildman–Crippen MR) is 82.2 cm³/mol. The Kier molecular flexibility index (Phi) is 4.06. The maximum atomic E-state index is 12.8. The van der Waals surface area contributed by atoms with Gasteiger partial charge in [0.15, 0.2) is 0 Å². The monoisotopic (exact) mass is 369 g/mol. The van der Waals surface area contributed by atoms with Crippen LogP contribution in [0.5, 0.6) is 0 Å². The predicted octanol–water partition coefficient (Wildman–Crippen LogP) is 1.84. The molecule has 2 aliphatic rings. The summed E-state index contributed by atoms with van der Waals surface area (Å²) >= 11 is 3.27. The van der Waals surface area contributed by atoms with Gasteiger partial charge in [-0.2, -0.15) is 9.57 Å². The molecule has 2 fully saturated rings. The Morgan fingerprint density at radius 2 is 2.00 bits per heavy atom. The summed E-state index contributed by atoms with van der Waals surface area (Å²) in [5.74, 6) is 0. The third kappa shape index (κ3) is 2.99. The number of fused-ring (bicyclic) bond motifs is 2. The number of nitriles is 1. The van der Waals surface area contributed by atoms with Crippen LogP contribution in [0.25, 0.3) is 0 Å². The summed E-state index contributed by atoms with van der Waals surface area (Å²) < 4.78 is 27.8. The van der Waals surface area contributed by atoms with Gasteiger partial charge >= 0.3 is 0 Å². The standard InChI is InChI=1S/C14H16BrN3O2S/c15-11-5-10(8-16)6-14(7-11)21(19,20)18-4-3-12-1-2-13(9-18)17-12/h5-7,12-13,17H,1-4,9H2. The van der Waals surface area contributed by atoms with Crippen LogP contribution < -0.4 is 5.32 Å². The lowest BCUT2D eigenvalue weighted by Crippen LogP contribution is -2.39. The molecule has 2 bridgehead atoms. The lowest BCUT2D eigenvalue weighted by molar-refractivity contribution is 0.383. The van der Waals surface area contributed by atoms with E-state index in [0.717, 1.165) is 19.3 Å². The molecule has 2 saturated heterocycles. The highest BCUT2D eigenvalue weighted by molar-refractivity contribution is 9.10. The Bertz CT molecular complexity index is 699. The second kappa shape index (κ2) is 5.69. The lowest BCUT2D eigenvalue weighted by Gasteiger charge is -2.23. The molecule has 7 heteroatoms. The number of sulfonamides is 1. The van der Waals surface area contributed by atoms with E-state index in [-0.39, 0.29) is 10.9 Å². The average molecular weight is 370 g/mol. The van der Waals surface area contributed by atoms with E-state index in [2.05, 4.69) is 21.2 Å². The third-order valence-corrected chi connectivity index (χ3v) is 6.42. The SMILES string of the molecule is N#Cc1cc(Br)cc(S(=O)(=O)N2CCC3CCC(C2)N3)c1. The number of hydrogen-bond acceptors (Lipinski definition) is 4. The molecule has 5 nitrogen and oxygen atoms in total. The van der Waals surface area contributed by atoms with Crippen LogP contribution in [-0.4, -0.2) is 37.9 Å². The van der Waals surface area contributed by atoms with Gasteiger partial charge in [-0.25, -0.2) is 8.42 Å². The fourth-order valence-corrected chi connectivity index (χ4v) is 5.27. The van der Waals surface area contributed by atoms with E-state index in [1.54, 1.807) is 16.4 Å². The zero-order valence-corrected chi connectivity index (χ0v) is 13.8. The van der Waals surface area contributed by atoms with Gasteiger partial charge < -0.3 is 5.32 Å². The zero-order valence-electron chi connectivity index (χ0n) is 11.4. The Morgan fingerprint density at radius 3 is 2.76 bits per heavy atom. The van der Waals surface area contributed by atoms with Gasteiger partial charge in [-0.05, 0) is 37.5 Å². The van der Waals surface area contributed by atoms with Crippen LogP contribution in [0.3, 0.4) is 0 Å². The van der Waals surface area contributed by atoms with Crippen molar-refractivity contribution in [3.8, 4) is 6.07 Å². The molecule has 2 aliphatic heterocycles. The lowest BCUT2D eigenvalue weighted by atomic mass is 10.1. The van der Waals surface area contributed by atoms with Gasteiger partial charge in [-0.1, -0.05) is 15.9 Å². The molecule has 2 unspecified atom stereocenters. The first-order valence-corrected chi connectivity index (χ1v) is 9.19. The molecule has 0 amide bonds. The van der Waals surface area contributed by atoms with Crippen molar-refractivity contribution in [2.45, 2.75) is 36.2 Å². The molecular formula is C14H16BrN3O2S. The van der Waals surface area contributed by atoms with Crippen molar-refractivity contribution in [2.24, 2.45) is 0 Å². The molecule has 112 valence electrons. The van der Waals surface area contributed by atoms with Crippen LogP contribution in [0.4, 0.5) is 0 Å². The molecule has 21 heavy (non-hydrogen) atoms. The minimum Gasteiger partial charge on any atom is -0.310 e. The largest absolute Gasteiger partial charge is 0.310 e. The van der Waals surface area contributed by atoms with Crippen molar-refractivity contribution in [3.63, 3.8) is 0 Å². The van der Waals surface area contributed by atoms with E-state index >= 15 is 0 Å². The normalized spacial score (nSPS) is 26.3. The van der Waals surface area contributed by atoms with E-state index in [0.29, 0.717) is 29.2 Å². The minimum atomic E-state index is -3.55. The highest BCUT2D eigenvalue weighted by Crippen LogP contribution is 2.27. The second-order valence-electron chi connectivity index (χ2n) is 5.58. The van der Waals surface area contributed by atoms with Crippen molar-refractivity contribution in [1.29, 1.82) is 5.26 Å². The van der Waals surface area contributed by atoms with E-state index in [9.17, 15) is 8.42 Å². The topological polar surface area (TPSA) is 73.2 Å². The summed E-state index contributed by atoms with van der Waals surface area (Å²) in [5, 5.41) is 12.5. The van der Waals surface area contributed by atoms with Gasteiger partial charge in [0.1, 0.15) is 0 Å². The first-order valence-electron chi connectivity index (χ1n) is 6.96. The van der Waals surface area contributed by atoms with E-state index in [1.807, 2.05) is 6.07 Å². The molecule has 3 rings (SSSR count). The molecule has 0 radical (unpaired) electrons. The number of rotatable bonds is 2. The highest BCUT2D eigenvalue weighted by atomic mass is 79.9. The molecule has 0 spiro atoms. The quantitative estimate of drug-likeness (QED) is 0.862.